The third-order valence-corrected chi connectivity index (χ3v) is 3.21. The minimum absolute atomic E-state index is 0.936. The van der Waals surface area contributed by atoms with Crippen molar-refractivity contribution in [2.24, 2.45) is 10.9 Å². The predicted molar refractivity (Wildman–Crippen MR) is 59.7 cm³/mol. The number of piperidine rings is 1. The summed E-state index contributed by atoms with van der Waals surface area (Å²) in [5.74, 6) is 2.18. The summed E-state index contributed by atoms with van der Waals surface area (Å²) in [6, 6.07) is 0. The molecule has 1 saturated heterocycles. The molecular formula is C11H21N3. The molecule has 80 valence electrons. The SMILES string of the molecule is C1CN=C(NCCC2CCNCC2)C1. The van der Waals surface area contributed by atoms with Crippen LogP contribution in [0.15, 0.2) is 4.99 Å². The largest absolute Gasteiger partial charge is 0.374 e. The molecule has 0 aromatic rings. The van der Waals surface area contributed by atoms with Gasteiger partial charge in [-0.1, -0.05) is 0 Å². The Morgan fingerprint density at radius 2 is 2.21 bits per heavy atom. The first-order valence-corrected chi connectivity index (χ1v) is 5.93. The van der Waals surface area contributed by atoms with Crippen LogP contribution in [-0.2, 0) is 0 Å². The van der Waals surface area contributed by atoms with Gasteiger partial charge in [0, 0.05) is 19.5 Å². The highest BCUT2D eigenvalue weighted by Gasteiger charge is 2.12. The normalized spacial score (nSPS) is 23.6. The molecule has 1 fully saturated rings. The average molecular weight is 195 g/mol. The van der Waals surface area contributed by atoms with E-state index in [1.807, 2.05) is 0 Å². The van der Waals surface area contributed by atoms with Crippen molar-refractivity contribution in [3.63, 3.8) is 0 Å². The molecule has 0 saturated carbocycles. The zero-order chi connectivity index (χ0) is 9.64. The van der Waals surface area contributed by atoms with Gasteiger partial charge in [0.05, 0.1) is 5.84 Å². The fourth-order valence-corrected chi connectivity index (χ4v) is 2.27. The van der Waals surface area contributed by atoms with Gasteiger partial charge < -0.3 is 10.6 Å². The zero-order valence-corrected chi connectivity index (χ0v) is 8.89. The number of rotatable bonds is 3. The van der Waals surface area contributed by atoms with E-state index in [0.29, 0.717) is 0 Å². The number of hydrogen-bond donors (Lipinski definition) is 2. The van der Waals surface area contributed by atoms with E-state index >= 15 is 0 Å². The van der Waals surface area contributed by atoms with Crippen LogP contribution in [0, 0.1) is 5.92 Å². The molecule has 2 aliphatic heterocycles. The van der Waals surface area contributed by atoms with Crippen LogP contribution in [0.2, 0.25) is 0 Å². The molecular weight excluding hydrogens is 174 g/mol. The second-order valence-electron chi connectivity index (χ2n) is 4.34. The van der Waals surface area contributed by atoms with Crippen molar-refractivity contribution >= 4 is 5.84 Å². The molecule has 0 radical (unpaired) electrons. The molecule has 14 heavy (non-hydrogen) atoms. The average Bonchev–Trinajstić information content (AvgIpc) is 2.72. The van der Waals surface area contributed by atoms with E-state index < -0.39 is 0 Å². The molecule has 0 unspecified atom stereocenters. The minimum Gasteiger partial charge on any atom is -0.374 e. The van der Waals surface area contributed by atoms with Gasteiger partial charge in [0.2, 0.25) is 0 Å². The molecule has 3 nitrogen and oxygen atoms in total. The Labute approximate surface area is 86.4 Å². The Hall–Kier alpha value is -0.570. The number of nitrogens with one attached hydrogen (secondary N) is 2. The van der Waals surface area contributed by atoms with Crippen LogP contribution in [-0.4, -0.2) is 32.0 Å². The molecule has 2 aliphatic rings. The molecule has 0 aliphatic carbocycles. The van der Waals surface area contributed by atoms with E-state index in [-0.39, 0.29) is 0 Å². The summed E-state index contributed by atoms with van der Waals surface area (Å²) in [7, 11) is 0. The van der Waals surface area contributed by atoms with E-state index in [1.54, 1.807) is 0 Å². The first kappa shape index (κ1) is 9.97. The highest BCUT2D eigenvalue weighted by Crippen LogP contribution is 2.14. The van der Waals surface area contributed by atoms with Gasteiger partial charge in [-0.15, -0.1) is 0 Å². The van der Waals surface area contributed by atoms with Crippen molar-refractivity contribution in [2.45, 2.75) is 32.1 Å². The summed E-state index contributed by atoms with van der Waals surface area (Å²) in [5, 5.41) is 6.86. The van der Waals surface area contributed by atoms with E-state index in [1.165, 1.54) is 51.0 Å². The fourth-order valence-electron chi connectivity index (χ4n) is 2.27. The van der Waals surface area contributed by atoms with Gasteiger partial charge in [-0.05, 0) is 44.7 Å². The third kappa shape index (κ3) is 2.98. The Morgan fingerprint density at radius 1 is 1.36 bits per heavy atom. The third-order valence-electron chi connectivity index (χ3n) is 3.21. The monoisotopic (exact) mass is 195 g/mol. The smallest absolute Gasteiger partial charge is 0.0963 e. The lowest BCUT2D eigenvalue weighted by Crippen LogP contribution is -2.30. The van der Waals surface area contributed by atoms with Crippen LogP contribution in [0.4, 0.5) is 0 Å². The van der Waals surface area contributed by atoms with Crippen molar-refractivity contribution in [1.29, 1.82) is 0 Å². The Bertz CT molecular complexity index is 195. The summed E-state index contributed by atoms with van der Waals surface area (Å²) in [5.41, 5.74) is 0. The summed E-state index contributed by atoms with van der Waals surface area (Å²) in [4.78, 5) is 4.41. The number of aliphatic imine (C=N–C) groups is 1. The standard InChI is InChI=1S/C11H21N3/c1-2-11(13-6-1)14-9-5-10-3-7-12-8-4-10/h10,12H,1-9H2,(H,13,14). The molecule has 2 N–H and O–H groups in total. The van der Waals surface area contributed by atoms with Gasteiger partial charge in [0.1, 0.15) is 0 Å². The first-order valence-electron chi connectivity index (χ1n) is 5.93. The molecule has 0 bridgehead atoms. The van der Waals surface area contributed by atoms with E-state index in [2.05, 4.69) is 15.6 Å². The van der Waals surface area contributed by atoms with Gasteiger partial charge in [-0.3, -0.25) is 4.99 Å². The Balaban J connectivity index is 1.57. The highest BCUT2D eigenvalue weighted by molar-refractivity contribution is 5.83. The highest BCUT2D eigenvalue weighted by atomic mass is 15.0. The Kier molecular flexibility index (Phi) is 3.80. The summed E-state index contributed by atoms with van der Waals surface area (Å²) >= 11 is 0. The molecule has 2 heterocycles. The summed E-state index contributed by atoms with van der Waals surface area (Å²) in [6.07, 6.45) is 6.45. The molecule has 0 amide bonds. The van der Waals surface area contributed by atoms with Crippen LogP contribution in [0.25, 0.3) is 0 Å². The van der Waals surface area contributed by atoms with Crippen molar-refractivity contribution in [2.75, 3.05) is 26.2 Å². The quantitative estimate of drug-likeness (QED) is 0.709. The molecule has 0 spiro atoms. The van der Waals surface area contributed by atoms with Gasteiger partial charge in [0.15, 0.2) is 0 Å². The van der Waals surface area contributed by atoms with Gasteiger partial charge in [-0.25, -0.2) is 0 Å². The fraction of sp³-hybridized carbons (Fsp3) is 0.909. The van der Waals surface area contributed by atoms with E-state index in [9.17, 15) is 0 Å². The maximum atomic E-state index is 4.41. The van der Waals surface area contributed by atoms with Gasteiger partial charge in [-0.2, -0.15) is 0 Å². The zero-order valence-electron chi connectivity index (χ0n) is 8.89. The van der Waals surface area contributed by atoms with Crippen molar-refractivity contribution < 1.29 is 0 Å². The van der Waals surface area contributed by atoms with E-state index in [4.69, 9.17) is 0 Å². The minimum atomic E-state index is 0.936. The van der Waals surface area contributed by atoms with Crippen molar-refractivity contribution in [1.82, 2.24) is 10.6 Å². The number of amidine groups is 1. The molecule has 0 atom stereocenters. The second-order valence-corrected chi connectivity index (χ2v) is 4.34. The topological polar surface area (TPSA) is 36.4 Å². The van der Waals surface area contributed by atoms with Gasteiger partial charge in [0.25, 0.3) is 0 Å². The summed E-state index contributed by atoms with van der Waals surface area (Å²) < 4.78 is 0. The number of nitrogens with zero attached hydrogens (tertiary/aromatic N) is 1. The molecule has 0 aromatic carbocycles. The molecule has 2 rings (SSSR count). The lowest BCUT2D eigenvalue weighted by atomic mass is 9.95. The van der Waals surface area contributed by atoms with Crippen LogP contribution < -0.4 is 10.6 Å². The lowest BCUT2D eigenvalue weighted by molar-refractivity contribution is 0.354. The first-order chi connectivity index (χ1) is 6.95. The lowest BCUT2D eigenvalue weighted by Gasteiger charge is -2.22. The maximum Gasteiger partial charge on any atom is 0.0963 e. The summed E-state index contributed by atoms with van der Waals surface area (Å²) in [6.45, 7) is 4.59. The molecule has 3 heteroatoms. The predicted octanol–water partition coefficient (Wildman–Crippen LogP) is 1.16. The van der Waals surface area contributed by atoms with E-state index in [0.717, 1.165) is 19.0 Å². The molecule has 0 aromatic heterocycles. The second kappa shape index (κ2) is 5.35. The Morgan fingerprint density at radius 3 is 2.93 bits per heavy atom. The maximum absolute atomic E-state index is 4.41. The van der Waals surface area contributed by atoms with Crippen molar-refractivity contribution in [3.05, 3.63) is 0 Å². The van der Waals surface area contributed by atoms with Crippen LogP contribution in [0.3, 0.4) is 0 Å². The van der Waals surface area contributed by atoms with Crippen LogP contribution >= 0.6 is 0 Å². The number of hydrogen-bond acceptors (Lipinski definition) is 3. The van der Waals surface area contributed by atoms with Crippen molar-refractivity contribution in [3.8, 4) is 0 Å². The van der Waals surface area contributed by atoms with Crippen LogP contribution in [0.5, 0.6) is 0 Å². The van der Waals surface area contributed by atoms with Gasteiger partial charge >= 0.3 is 0 Å². The van der Waals surface area contributed by atoms with Crippen LogP contribution in [0.1, 0.15) is 32.1 Å².